The maximum absolute atomic E-state index is 11.0. The third kappa shape index (κ3) is 6.06. The monoisotopic (exact) mass is 203 g/mol. The van der Waals surface area contributed by atoms with E-state index in [9.17, 15) is 4.79 Å². The first kappa shape index (κ1) is 12.5. The van der Waals surface area contributed by atoms with Gasteiger partial charge in [0.1, 0.15) is 0 Å². The van der Waals surface area contributed by atoms with E-state index in [1.54, 1.807) is 14.1 Å². The number of amides is 2. The van der Waals surface area contributed by atoms with E-state index in [0.717, 1.165) is 0 Å². The van der Waals surface area contributed by atoms with Gasteiger partial charge in [-0.25, -0.2) is 4.79 Å². The van der Waals surface area contributed by atoms with Crippen molar-refractivity contribution in [3.63, 3.8) is 0 Å². The quantitative estimate of drug-likeness (QED) is 0.145. The highest BCUT2D eigenvalue weighted by molar-refractivity contribution is 5.81. The fourth-order valence-corrected chi connectivity index (χ4v) is 0.668. The maximum atomic E-state index is 11.0. The molecular formula is C7H17N5O2. The highest BCUT2D eigenvalue weighted by atomic mass is 16.4. The molecule has 7 nitrogen and oxygen atoms in total. The molecule has 0 aromatic carbocycles. The summed E-state index contributed by atoms with van der Waals surface area (Å²) in [5.74, 6) is 0.115. The highest BCUT2D eigenvalue weighted by Gasteiger charge is 2.00. The zero-order chi connectivity index (χ0) is 11.0. The predicted octanol–water partition coefficient (Wildman–Crippen LogP) is -1.41. The van der Waals surface area contributed by atoms with Crippen LogP contribution in [0.1, 0.15) is 0 Å². The van der Waals surface area contributed by atoms with Crippen molar-refractivity contribution in [1.29, 1.82) is 0 Å². The normalized spacial score (nSPS) is 11.1. The zero-order valence-corrected chi connectivity index (χ0v) is 8.45. The van der Waals surface area contributed by atoms with E-state index in [1.807, 2.05) is 0 Å². The van der Waals surface area contributed by atoms with Crippen LogP contribution >= 0.6 is 0 Å². The number of carbonyl (C=O) groups excluding carboxylic acids is 1. The lowest BCUT2D eigenvalue weighted by molar-refractivity contribution is 0.217. The van der Waals surface area contributed by atoms with Gasteiger partial charge in [-0.1, -0.05) is 5.16 Å². The number of oxime groups is 1. The molecule has 0 spiro atoms. The zero-order valence-electron chi connectivity index (χ0n) is 8.45. The van der Waals surface area contributed by atoms with Crippen LogP contribution in [-0.2, 0) is 0 Å². The first-order valence-corrected chi connectivity index (χ1v) is 4.20. The van der Waals surface area contributed by atoms with Crippen LogP contribution < -0.4 is 16.4 Å². The molecule has 0 aromatic rings. The Bertz CT molecular complexity index is 204. The third-order valence-electron chi connectivity index (χ3n) is 1.42. The molecule has 0 aliphatic carbocycles. The Morgan fingerprint density at radius 2 is 2.14 bits per heavy atom. The van der Waals surface area contributed by atoms with Gasteiger partial charge in [-0.15, -0.1) is 0 Å². The average molecular weight is 203 g/mol. The van der Waals surface area contributed by atoms with Crippen LogP contribution in [0, 0.1) is 0 Å². The van der Waals surface area contributed by atoms with Gasteiger partial charge >= 0.3 is 6.03 Å². The molecular weight excluding hydrogens is 186 g/mol. The molecule has 0 radical (unpaired) electrons. The van der Waals surface area contributed by atoms with Gasteiger partial charge < -0.3 is 26.5 Å². The summed E-state index contributed by atoms with van der Waals surface area (Å²) in [5, 5.41) is 16.5. The van der Waals surface area contributed by atoms with E-state index in [2.05, 4.69) is 15.8 Å². The van der Waals surface area contributed by atoms with Crippen molar-refractivity contribution in [2.45, 2.75) is 0 Å². The van der Waals surface area contributed by atoms with Crippen molar-refractivity contribution in [3.05, 3.63) is 0 Å². The molecule has 14 heavy (non-hydrogen) atoms. The average Bonchev–Trinajstić information content (AvgIpc) is 2.16. The summed E-state index contributed by atoms with van der Waals surface area (Å²) >= 11 is 0. The smallest absolute Gasteiger partial charge is 0.316 e. The highest BCUT2D eigenvalue weighted by Crippen LogP contribution is 1.74. The molecule has 0 fully saturated rings. The number of nitrogens with one attached hydrogen (secondary N) is 2. The number of hydrogen-bond acceptors (Lipinski definition) is 4. The Morgan fingerprint density at radius 1 is 1.50 bits per heavy atom. The summed E-state index contributed by atoms with van der Waals surface area (Å²) in [6, 6.07) is -0.143. The molecule has 0 rings (SSSR count). The van der Waals surface area contributed by atoms with E-state index in [-0.39, 0.29) is 11.9 Å². The summed E-state index contributed by atoms with van der Waals surface area (Å²) in [6.45, 7) is 1.36. The number of nitrogens with two attached hydrogens (primary N) is 1. The van der Waals surface area contributed by atoms with Crippen LogP contribution in [0.2, 0.25) is 0 Å². The van der Waals surface area contributed by atoms with Crippen molar-refractivity contribution in [2.24, 2.45) is 10.9 Å². The minimum absolute atomic E-state index is 0.115. The molecule has 0 aliphatic rings. The number of carbonyl (C=O) groups is 1. The maximum Gasteiger partial charge on any atom is 0.316 e. The lowest BCUT2D eigenvalue weighted by Crippen LogP contribution is -2.40. The fraction of sp³-hybridized carbons (Fsp3) is 0.714. The van der Waals surface area contributed by atoms with Gasteiger partial charge in [-0.05, 0) is 0 Å². The molecule has 7 heteroatoms. The lowest BCUT2D eigenvalue weighted by Gasteiger charge is -2.11. The van der Waals surface area contributed by atoms with E-state index in [0.29, 0.717) is 19.6 Å². The van der Waals surface area contributed by atoms with Crippen molar-refractivity contribution in [3.8, 4) is 0 Å². The molecule has 82 valence electrons. The Kier molecular flexibility index (Phi) is 6.21. The molecule has 0 atom stereocenters. The second kappa shape index (κ2) is 6.96. The SMILES string of the molecule is CN(C)C(=O)NCCNCC(N)=NO. The Morgan fingerprint density at radius 3 is 2.64 bits per heavy atom. The second-order valence-corrected chi connectivity index (χ2v) is 2.89. The lowest BCUT2D eigenvalue weighted by atomic mass is 10.5. The van der Waals surface area contributed by atoms with Gasteiger partial charge in [0.2, 0.25) is 0 Å². The van der Waals surface area contributed by atoms with Crippen molar-refractivity contribution >= 4 is 11.9 Å². The number of nitrogens with zero attached hydrogens (tertiary/aromatic N) is 2. The standard InChI is InChI=1S/C7H17N5O2/c1-12(2)7(13)10-4-3-9-5-6(8)11-14/h9,14H,3-5H2,1-2H3,(H2,8,11)(H,10,13). The molecule has 0 bridgehead atoms. The van der Waals surface area contributed by atoms with Gasteiger partial charge in [-0.2, -0.15) is 0 Å². The van der Waals surface area contributed by atoms with Gasteiger partial charge in [-0.3, -0.25) is 0 Å². The number of urea groups is 1. The fourth-order valence-electron chi connectivity index (χ4n) is 0.668. The number of amidine groups is 1. The minimum atomic E-state index is -0.143. The summed E-state index contributed by atoms with van der Waals surface area (Å²) in [6.07, 6.45) is 0. The van der Waals surface area contributed by atoms with Crippen LogP contribution in [0.25, 0.3) is 0 Å². The van der Waals surface area contributed by atoms with Crippen molar-refractivity contribution < 1.29 is 10.0 Å². The Balaban J connectivity index is 3.35. The number of rotatable bonds is 5. The van der Waals surface area contributed by atoms with Gasteiger partial charge in [0.25, 0.3) is 0 Å². The van der Waals surface area contributed by atoms with E-state index >= 15 is 0 Å². The van der Waals surface area contributed by atoms with Crippen LogP contribution in [0.3, 0.4) is 0 Å². The van der Waals surface area contributed by atoms with Crippen LogP contribution in [-0.4, -0.2) is 55.7 Å². The first-order valence-electron chi connectivity index (χ1n) is 4.20. The van der Waals surface area contributed by atoms with Gasteiger partial charge in [0.05, 0.1) is 6.54 Å². The molecule has 0 aliphatic heterocycles. The molecule has 5 N–H and O–H groups in total. The first-order chi connectivity index (χ1) is 6.57. The predicted molar refractivity (Wildman–Crippen MR) is 53.4 cm³/mol. The van der Waals surface area contributed by atoms with Crippen LogP contribution in [0.15, 0.2) is 5.16 Å². The third-order valence-corrected chi connectivity index (χ3v) is 1.42. The second-order valence-electron chi connectivity index (χ2n) is 2.89. The Hall–Kier alpha value is -1.50. The van der Waals surface area contributed by atoms with E-state index in [4.69, 9.17) is 10.9 Å². The molecule has 0 saturated heterocycles. The van der Waals surface area contributed by atoms with Gasteiger partial charge in [0, 0.05) is 27.2 Å². The Labute approximate surface area is 82.9 Å². The van der Waals surface area contributed by atoms with Crippen molar-refractivity contribution in [1.82, 2.24) is 15.5 Å². The van der Waals surface area contributed by atoms with Crippen LogP contribution in [0.5, 0.6) is 0 Å². The number of hydrogen-bond donors (Lipinski definition) is 4. The van der Waals surface area contributed by atoms with Crippen molar-refractivity contribution in [2.75, 3.05) is 33.7 Å². The van der Waals surface area contributed by atoms with E-state index < -0.39 is 0 Å². The molecule has 0 heterocycles. The largest absolute Gasteiger partial charge is 0.409 e. The minimum Gasteiger partial charge on any atom is -0.409 e. The summed E-state index contributed by atoms with van der Waals surface area (Å²) in [5.41, 5.74) is 5.21. The van der Waals surface area contributed by atoms with Gasteiger partial charge in [0.15, 0.2) is 5.84 Å². The summed E-state index contributed by atoms with van der Waals surface area (Å²) in [4.78, 5) is 12.4. The topological polar surface area (TPSA) is 103 Å². The van der Waals surface area contributed by atoms with E-state index in [1.165, 1.54) is 4.90 Å². The molecule has 2 amide bonds. The molecule has 0 saturated carbocycles. The van der Waals surface area contributed by atoms with Crippen LogP contribution in [0.4, 0.5) is 4.79 Å². The molecule has 0 unspecified atom stereocenters. The molecule has 0 aromatic heterocycles. The summed E-state index contributed by atoms with van der Waals surface area (Å²) in [7, 11) is 3.33. The summed E-state index contributed by atoms with van der Waals surface area (Å²) < 4.78 is 0.